The summed E-state index contributed by atoms with van der Waals surface area (Å²) in [6, 6.07) is 9.46. The van der Waals surface area contributed by atoms with Crippen molar-refractivity contribution < 1.29 is 13.9 Å². The van der Waals surface area contributed by atoms with Crippen molar-refractivity contribution in [1.29, 1.82) is 0 Å². The molecule has 0 aliphatic carbocycles. The summed E-state index contributed by atoms with van der Waals surface area (Å²) in [7, 11) is 1.51. The number of nitrogens with two attached hydrogens (primary N) is 1. The maximum absolute atomic E-state index is 12.0. The number of aromatic nitrogens is 4. The van der Waals surface area contributed by atoms with Gasteiger partial charge in [0.2, 0.25) is 11.8 Å². The molecule has 2 N–H and O–H groups in total. The van der Waals surface area contributed by atoms with Gasteiger partial charge in [-0.1, -0.05) is 18.2 Å². The number of hydrogen-bond donors (Lipinski definition) is 1. The van der Waals surface area contributed by atoms with Crippen LogP contribution in [-0.4, -0.2) is 70.9 Å². The Morgan fingerprint density at radius 2 is 1.86 bits per heavy atom. The molecule has 0 atom stereocenters. The summed E-state index contributed by atoms with van der Waals surface area (Å²) < 4.78 is 10.7. The number of carbonyl (C=O) groups is 1. The Labute approximate surface area is 167 Å². The van der Waals surface area contributed by atoms with Gasteiger partial charge in [-0.3, -0.25) is 4.79 Å². The van der Waals surface area contributed by atoms with E-state index in [2.05, 4.69) is 20.2 Å². The van der Waals surface area contributed by atoms with Gasteiger partial charge in [0.05, 0.1) is 6.20 Å². The lowest BCUT2D eigenvalue weighted by Gasteiger charge is -2.35. The number of methoxy groups -OCH3 is 1. The van der Waals surface area contributed by atoms with E-state index in [0.29, 0.717) is 43.6 Å². The lowest BCUT2D eigenvalue weighted by atomic mass is 10.2. The fraction of sp³-hybridized carbons (Fsp3) is 0.316. The molecule has 0 radical (unpaired) electrons. The highest BCUT2D eigenvalue weighted by atomic mass is 16.5. The van der Waals surface area contributed by atoms with Crippen LogP contribution < -0.4 is 10.6 Å². The quantitative estimate of drug-likeness (QED) is 0.675. The van der Waals surface area contributed by atoms with Gasteiger partial charge in [-0.2, -0.15) is 0 Å². The molecule has 4 rings (SSSR count). The summed E-state index contributed by atoms with van der Waals surface area (Å²) in [6.45, 7) is 2.52. The van der Waals surface area contributed by atoms with Gasteiger partial charge >= 0.3 is 0 Å². The molecule has 1 amide bonds. The molecule has 0 spiro atoms. The molecule has 2 aromatic heterocycles. The zero-order valence-corrected chi connectivity index (χ0v) is 16.0. The van der Waals surface area contributed by atoms with Crippen LogP contribution >= 0.6 is 0 Å². The molecule has 1 fully saturated rings. The average molecular weight is 395 g/mol. The lowest BCUT2D eigenvalue weighted by Crippen LogP contribution is -2.50. The highest BCUT2D eigenvalue weighted by Crippen LogP contribution is 2.27. The standard InChI is InChI=1S/C19H21N7O3/c1-28-12-15(27)26-9-7-25(8-10-26)14-11-21-17(20)16(22-14)19-24-23-18(29-19)13-5-3-2-4-6-13/h2-6,11H,7-10,12H2,1H3,(H2,20,21). The van der Waals surface area contributed by atoms with Crippen molar-refractivity contribution in [3.63, 3.8) is 0 Å². The van der Waals surface area contributed by atoms with Crippen LogP contribution in [0, 0.1) is 0 Å². The van der Waals surface area contributed by atoms with E-state index >= 15 is 0 Å². The predicted octanol–water partition coefficient (Wildman–Crippen LogP) is 1.07. The van der Waals surface area contributed by atoms with E-state index in [-0.39, 0.29) is 24.2 Å². The third kappa shape index (κ3) is 4.02. The molecule has 0 bridgehead atoms. The molecule has 150 valence electrons. The van der Waals surface area contributed by atoms with E-state index in [1.165, 1.54) is 7.11 Å². The number of hydrogen-bond acceptors (Lipinski definition) is 9. The van der Waals surface area contributed by atoms with Crippen LogP contribution in [-0.2, 0) is 9.53 Å². The van der Waals surface area contributed by atoms with E-state index in [1.54, 1.807) is 11.1 Å². The largest absolute Gasteiger partial charge is 0.414 e. The van der Waals surface area contributed by atoms with Crippen molar-refractivity contribution in [3.05, 3.63) is 36.5 Å². The Hall–Kier alpha value is -3.53. The number of ether oxygens (including phenoxy) is 1. The van der Waals surface area contributed by atoms with E-state index < -0.39 is 0 Å². The maximum atomic E-state index is 12.0. The predicted molar refractivity (Wildman–Crippen MR) is 106 cm³/mol. The van der Waals surface area contributed by atoms with Crippen molar-refractivity contribution in [2.24, 2.45) is 0 Å². The summed E-state index contributed by atoms with van der Waals surface area (Å²) in [5, 5.41) is 8.16. The van der Waals surface area contributed by atoms with Gasteiger partial charge in [-0.15, -0.1) is 10.2 Å². The molecule has 3 aromatic rings. The minimum absolute atomic E-state index is 0.0180. The molecular formula is C19H21N7O3. The number of piperazine rings is 1. The molecule has 0 saturated carbocycles. The van der Waals surface area contributed by atoms with E-state index in [1.807, 2.05) is 35.2 Å². The smallest absolute Gasteiger partial charge is 0.270 e. The molecule has 1 aliphatic heterocycles. The Kier molecular flexibility index (Phi) is 5.34. The van der Waals surface area contributed by atoms with E-state index in [4.69, 9.17) is 14.9 Å². The van der Waals surface area contributed by atoms with Crippen LogP contribution in [0.2, 0.25) is 0 Å². The fourth-order valence-electron chi connectivity index (χ4n) is 3.11. The molecular weight excluding hydrogens is 374 g/mol. The minimum Gasteiger partial charge on any atom is -0.414 e. The van der Waals surface area contributed by atoms with Gasteiger partial charge in [0.1, 0.15) is 12.4 Å². The van der Waals surface area contributed by atoms with Crippen molar-refractivity contribution in [3.8, 4) is 23.0 Å². The lowest BCUT2D eigenvalue weighted by molar-refractivity contribution is -0.135. The molecule has 29 heavy (non-hydrogen) atoms. The zero-order valence-electron chi connectivity index (χ0n) is 16.0. The zero-order chi connectivity index (χ0) is 20.2. The summed E-state index contributed by atoms with van der Waals surface area (Å²) in [5.74, 6) is 1.44. The molecule has 10 heteroatoms. The van der Waals surface area contributed by atoms with Gasteiger partial charge in [0.25, 0.3) is 5.89 Å². The number of nitrogen functional groups attached to an aromatic ring is 1. The van der Waals surface area contributed by atoms with Crippen molar-refractivity contribution in [1.82, 2.24) is 25.1 Å². The van der Waals surface area contributed by atoms with Gasteiger partial charge in [-0.25, -0.2) is 9.97 Å². The SMILES string of the molecule is COCC(=O)N1CCN(c2cnc(N)c(-c3nnc(-c4ccccc4)o3)n2)CC1. The van der Waals surface area contributed by atoms with Crippen LogP contribution in [0.15, 0.2) is 40.9 Å². The Morgan fingerprint density at radius 3 is 2.59 bits per heavy atom. The van der Waals surface area contributed by atoms with E-state index in [0.717, 1.165) is 5.56 Å². The number of anilines is 2. The van der Waals surface area contributed by atoms with Crippen molar-refractivity contribution in [2.45, 2.75) is 0 Å². The van der Waals surface area contributed by atoms with Crippen LogP contribution in [0.4, 0.5) is 11.6 Å². The first-order chi connectivity index (χ1) is 14.2. The average Bonchev–Trinajstić information content (AvgIpc) is 3.25. The van der Waals surface area contributed by atoms with Crippen molar-refractivity contribution >= 4 is 17.5 Å². The maximum Gasteiger partial charge on any atom is 0.270 e. The Balaban J connectivity index is 1.52. The first-order valence-corrected chi connectivity index (χ1v) is 9.19. The second-order valence-electron chi connectivity index (χ2n) is 6.54. The third-order valence-corrected chi connectivity index (χ3v) is 4.66. The fourth-order valence-corrected chi connectivity index (χ4v) is 3.11. The van der Waals surface area contributed by atoms with Gasteiger partial charge in [0, 0.05) is 38.9 Å². The van der Waals surface area contributed by atoms with Gasteiger partial charge < -0.3 is 24.7 Å². The summed E-state index contributed by atoms with van der Waals surface area (Å²) in [5.41, 5.74) is 7.16. The second kappa shape index (κ2) is 8.23. The Morgan fingerprint density at radius 1 is 1.14 bits per heavy atom. The van der Waals surface area contributed by atoms with Crippen LogP contribution in [0.5, 0.6) is 0 Å². The number of rotatable bonds is 5. The highest BCUT2D eigenvalue weighted by Gasteiger charge is 2.23. The van der Waals surface area contributed by atoms with Crippen molar-refractivity contribution in [2.75, 3.05) is 50.5 Å². The molecule has 0 unspecified atom stereocenters. The highest BCUT2D eigenvalue weighted by molar-refractivity contribution is 5.77. The van der Waals surface area contributed by atoms with E-state index in [9.17, 15) is 4.79 Å². The summed E-state index contributed by atoms with van der Waals surface area (Å²) in [6.07, 6.45) is 1.61. The molecule has 3 heterocycles. The van der Waals surface area contributed by atoms with Gasteiger partial charge in [0.15, 0.2) is 11.5 Å². The second-order valence-corrected chi connectivity index (χ2v) is 6.54. The Bertz CT molecular complexity index is 984. The first kappa shape index (κ1) is 18.8. The van der Waals surface area contributed by atoms with Crippen LogP contribution in [0.25, 0.3) is 23.0 Å². The molecule has 1 aromatic carbocycles. The third-order valence-electron chi connectivity index (χ3n) is 4.66. The first-order valence-electron chi connectivity index (χ1n) is 9.19. The number of carbonyl (C=O) groups excluding carboxylic acids is 1. The normalized spacial score (nSPS) is 14.2. The topological polar surface area (TPSA) is 124 Å². The van der Waals surface area contributed by atoms with Crippen LogP contribution in [0.3, 0.4) is 0 Å². The minimum atomic E-state index is -0.0180. The van der Waals surface area contributed by atoms with Gasteiger partial charge in [-0.05, 0) is 12.1 Å². The monoisotopic (exact) mass is 395 g/mol. The number of amides is 1. The van der Waals surface area contributed by atoms with Crippen LogP contribution in [0.1, 0.15) is 0 Å². The molecule has 1 aliphatic rings. The number of nitrogens with zero attached hydrogens (tertiary/aromatic N) is 6. The number of benzene rings is 1. The molecule has 1 saturated heterocycles. The summed E-state index contributed by atoms with van der Waals surface area (Å²) >= 11 is 0. The summed E-state index contributed by atoms with van der Waals surface area (Å²) in [4.78, 5) is 24.6. The molecule has 10 nitrogen and oxygen atoms in total.